The predicted molar refractivity (Wildman–Crippen MR) is 109 cm³/mol. The van der Waals surface area contributed by atoms with Gasteiger partial charge in [-0.2, -0.15) is 0 Å². The Morgan fingerprint density at radius 1 is 1.15 bits per heavy atom. The molecule has 2 aromatic carbocycles. The first-order valence-corrected chi connectivity index (χ1v) is 9.27. The van der Waals surface area contributed by atoms with E-state index in [2.05, 4.69) is 25.2 Å². The molecule has 0 saturated carbocycles. The zero-order valence-corrected chi connectivity index (χ0v) is 17.2. The number of aryl methyl sites for hydroxylation is 1. The smallest absolute Gasteiger partial charge is 0.279 e. The van der Waals surface area contributed by atoms with Crippen LogP contribution in [0.15, 0.2) is 36.4 Å². The summed E-state index contributed by atoms with van der Waals surface area (Å²) in [6, 6.07) is 11.9. The molecule has 0 spiro atoms. The van der Waals surface area contributed by atoms with Gasteiger partial charge in [0, 0.05) is 17.3 Å². The summed E-state index contributed by atoms with van der Waals surface area (Å²) in [4.78, 5) is 13.7. The lowest BCUT2D eigenvalue weighted by atomic mass is 9.98. The van der Waals surface area contributed by atoms with Crippen molar-refractivity contribution in [3.63, 3.8) is 0 Å². The van der Waals surface area contributed by atoms with Crippen molar-refractivity contribution < 1.29 is 19.2 Å². The molecule has 0 fully saturated rings. The normalized spacial score (nSPS) is 12.0. The number of rotatable bonds is 8. The van der Waals surface area contributed by atoms with E-state index in [9.17, 15) is 4.79 Å². The Morgan fingerprint density at radius 2 is 1.89 bits per heavy atom. The number of likely N-dealkylation sites (N-methyl/N-ethyl adjacent to an activating group) is 1. The van der Waals surface area contributed by atoms with E-state index in [1.807, 2.05) is 44.3 Å². The molecule has 0 radical (unpaired) electrons. The summed E-state index contributed by atoms with van der Waals surface area (Å²) in [7, 11) is 5.28. The first kappa shape index (κ1) is 20.8. The van der Waals surface area contributed by atoms with E-state index in [1.54, 1.807) is 14.2 Å². The van der Waals surface area contributed by atoms with Crippen molar-refractivity contribution in [2.24, 2.45) is 0 Å². The van der Waals surface area contributed by atoms with Crippen molar-refractivity contribution in [2.45, 2.75) is 33.2 Å². The molecule has 146 valence electrons. The van der Waals surface area contributed by atoms with E-state index in [4.69, 9.17) is 9.47 Å². The second-order valence-corrected chi connectivity index (χ2v) is 7.23. The van der Waals surface area contributed by atoms with E-state index < -0.39 is 0 Å². The Kier molecular flexibility index (Phi) is 7.25. The largest absolute Gasteiger partial charge is 0.497 e. The fourth-order valence-corrected chi connectivity index (χ4v) is 3.19. The van der Waals surface area contributed by atoms with Crippen molar-refractivity contribution in [3.05, 3.63) is 53.1 Å². The third-order valence-electron chi connectivity index (χ3n) is 4.64. The molecule has 27 heavy (non-hydrogen) atoms. The summed E-state index contributed by atoms with van der Waals surface area (Å²) < 4.78 is 10.7. The number of benzene rings is 2. The average Bonchev–Trinajstić information content (AvgIpc) is 2.63. The van der Waals surface area contributed by atoms with Crippen LogP contribution >= 0.6 is 0 Å². The van der Waals surface area contributed by atoms with Crippen LogP contribution in [0, 0.1) is 6.92 Å². The number of anilines is 1. The summed E-state index contributed by atoms with van der Waals surface area (Å²) in [5.74, 6) is 1.90. The minimum absolute atomic E-state index is 0.0104. The molecule has 0 bridgehead atoms. The Morgan fingerprint density at radius 3 is 2.52 bits per heavy atom. The van der Waals surface area contributed by atoms with Crippen LogP contribution in [-0.2, 0) is 11.3 Å². The number of methoxy groups -OCH3 is 2. The highest BCUT2D eigenvalue weighted by atomic mass is 16.5. The van der Waals surface area contributed by atoms with E-state index in [1.165, 1.54) is 0 Å². The van der Waals surface area contributed by atoms with Gasteiger partial charge in [0.1, 0.15) is 18.0 Å². The monoisotopic (exact) mass is 371 g/mol. The van der Waals surface area contributed by atoms with Crippen LogP contribution in [-0.4, -0.2) is 33.7 Å². The van der Waals surface area contributed by atoms with Crippen molar-refractivity contribution in [3.8, 4) is 11.5 Å². The number of nitrogens with one attached hydrogen (secondary N) is 2. The summed E-state index contributed by atoms with van der Waals surface area (Å²) in [5.41, 5.74) is 4.23. The lowest BCUT2D eigenvalue weighted by Crippen LogP contribution is -3.08. The topological polar surface area (TPSA) is 52.0 Å². The average molecular weight is 372 g/mol. The highest BCUT2D eigenvalue weighted by Crippen LogP contribution is 2.27. The second kappa shape index (κ2) is 9.42. The van der Waals surface area contributed by atoms with Crippen molar-refractivity contribution >= 4 is 11.6 Å². The van der Waals surface area contributed by atoms with E-state index in [-0.39, 0.29) is 5.91 Å². The Bertz CT molecular complexity index is 787. The van der Waals surface area contributed by atoms with Gasteiger partial charge in [0.25, 0.3) is 5.91 Å². The van der Waals surface area contributed by atoms with Crippen LogP contribution < -0.4 is 19.7 Å². The number of carbonyl (C=O) groups excluding carboxylic acids is 1. The number of hydrogen-bond acceptors (Lipinski definition) is 3. The Balaban J connectivity index is 2.05. The Labute approximate surface area is 162 Å². The summed E-state index contributed by atoms with van der Waals surface area (Å²) in [5, 5.41) is 3.11. The molecule has 1 atom stereocenters. The van der Waals surface area contributed by atoms with Crippen LogP contribution in [0.4, 0.5) is 5.69 Å². The Hall–Kier alpha value is -2.53. The standard InChI is InChI=1S/C22H30N2O3/c1-15(2)19-9-7-8-16(3)22(19)23-21(25)14-24(4)13-17-10-11-18(26-5)12-20(17)27-6/h7-12,15H,13-14H2,1-6H3,(H,23,25)/p+1. The molecule has 0 saturated heterocycles. The lowest BCUT2D eigenvalue weighted by Gasteiger charge is -2.19. The van der Waals surface area contributed by atoms with Gasteiger partial charge < -0.3 is 19.7 Å². The van der Waals surface area contributed by atoms with Crippen LogP contribution in [0.3, 0.4) is 0 Å². The van der Waals surface area contributed by atoms with Crippen molar-refractivity contribution in [2.75, 3.05) is 33.1 Å². The van der Waals surface area contributed by atoms with Gasteiger partial charge in [-0.25, -0.2) is 0 Å². The van der Waals surface area contributed by atoms with Crippen LogP contribution in [0.25, 0.3) is 0 Å². The first-order valence-electron chi connectivity index (χ1n) is 9.27. The zero-order valence-electron chi connectivity index (χ0n) is 17.2. The second-order valence-electron chi connectivity index (χ2n) is 7.23. The maximum absolute atomic E-state index is 12.6. The number of carbonyl (C=O) groups is 1. The van der Waals surface area contributed by atoms with Gasteiger partial charge in [-0.3, -0.25) is 4.79 Å². The maximum Gasteiger partial charge on any atom is 0.279 e. The van der Waals surface area contributed by atoms with Gasteiger partial charge in [0.15, 0.2) is 6.54 Å². The minimum atomic E-state index is 0.0104. The number of amides is 1. The van der Waals surface area contributed by atoms with Gasteiger partial charge >= 0.3 is 0 Å². The van der Waals surface area contributed by atoms with Crippen molar-refractivity contribution in [1.82, 2.24) is 0 Å². The zero-order chi connectivity index (χ0) is 20.0. The molecule has 0 heterocycles. The van der Waals surface area contributed by atoms with Crippen LogP contribution in [0.5, 0.6) is 11.5 Å². The molecule has 5 heteroatoms. The van der Waals surface area contributed by atoms with Gasteiger partial charge in [-0.1, -0.05) is 32.0 Å². The highest BCUT2D eigenvalue weighted by Gasteiger charge is 2.17. The third-order valence-corrected chi connectivity index (χ3v) is 4.64. The third kappa shape index (κ3) is 5.47. The summed E-state index contributed by atoms with van der Waals surface area (Å²) in [6.07, 6.45) is 0. The van der Waals surface area contributed by atoms with E-state index in [0.29, 0.717) is 19.0 Å². The summed E-state index contributed by atoms with van der Waals surface area (Å²) in [6.45, 7) is 7.36. The quantitative estimate of drug-likeness (QED) is 0.750. The van der Waals surface area contributed by atoms with E-state index >= 15 is 0 Å². The molecule has 2 N–H and O–H groups in total. The van der Waals surface area contributed by atoms with Gasteiger partial charge in [-0.05, 0) is 36.1 Å². The maximum atomic E-state index is 12.6. The van der Waals surface area contributed by atoms with Crippen molar-refractivity contribution in [1.29, 1.82) is 0 Å². The molecular weight excluding hydrogens is 340 g/mol. The fourth-order valence-electron chi connectivity index (χ4n) is 3.19. The van der Waals surface area contributed by atoms with Crippen LogP contribution in [0.2, 0.25) is 0 Å². The van der Waals surface area contributed by atoms with Gasteiger partial charge in [-0.15, -0.1) is 0 Å². The highest BCUT2D eigenvalue weighted by molar-refractivity contribution is 5.93. The number of quaternary nitrogens is 1. The molecule has 5 nitrogen and oxygen atoms in total. The molecular formula is C22H31N2O3+. The molecule has 0 aromatic heterocycles. The SMILES string of the molecule is COc1ccc(C[NH+](C)CC(=O)Nc2c(C)cccc2C(C)C)c(OC)c1. The molecule has 0 aliphatic heterocycles. The predicted octanol–water partition coefficient (Wildman–Crippen LogP) is 2.79. The molecule has 2 aromatic rings. The van der Waals surface area contributed by atoms with Gasteiger partial charge in [0.05, 0.1) is 21.3 Å². The van der Waals surface area contributed by atoms with Crippen LogP contribution in [0.1, 0.15) is 36.5 Å². The number of ether oxygens (including phenoxy) is 2. The first-order chi connectivity index (χ1) is 12.8. The van der Waals surface area contributed by atoms with E-state index in [0.717, 1.165) is 38.8 Å². The number of hydrogen-bond donors (Lipinski definition) is 2. The molecule has 1 amide bonds. The molecule has 0 aliphatic rings. The lowest BCUT2D eigenvalue weighted by molar-refractivity contribution is -0.885. The van der Waals surface area contributed by atoms with Gasteiger partial charge in [0.2, 0.25) is 0 Å². The minimum Gasteiger partial charge on any atom is -0.497 e. The fraction of sp³-hybridized carbons (Fsp3) is 0.409. The molecule has 0 aliphatic carbocycles. The summed E-state index contributed by atoms with van der Waals surface area (Å²) >= 11 is 0. The molecule has 1 unspecified atom stereocenters. The molecule has 2 rings (SSSR count). The number of para-hydroxylation sites is 1.